The molecule has 0 aliphatic carbocycles. The maximum atomic E-state index is 5.68. The van der Waals surface area contributed by atoms with Crippen LogP contribution in [-0.4, -0.2) is 6.61 Å². The first-order valence-electron chi connectivity index (χ1n) is 6.65. The van der Waals surface area contributed by atoms with Crippen LogP contribution < -0.4 is 4.74 Å². The summed E-state index contributed by atoms with van der Waals surface area (Å²) in [4.78, 5) is 0. The Morgan fingerprint density at radius 1 is 1.18 bits per heavy atom. The molecular formula is C16H24O. The quantitative estimate of drug-likeness (QED) is 0.734. The van der Waals surface area contributed by atoms with Crippen LogP contribution in [-0.2, 0) is 6.42 Å². The minimum Gasteiger partial charge on any atom is -0.493 e. The zero-order valence-corrected chi connectivity index (χ0v) is 11.7. The molecular weight excluding hydrogens is 208 g/mol. The molecule has 1 heteroatoms. The molecule has 0 bridgehead atoms. The van der Waals surface area contributed by atoms with Crippen LogP contribution in [0.15, 0.2) is 18.2 Å². The number of hydrogen-bond acceptors (Lipinski definition) is 1. The molecule has 94 valence electrons. The number of fused-ring (bicyclic) bond motifs is 1. The number of rotatable bonds is 2. The predicted molar refractivity (Wildman–Crippen MR) is 72.7 cm³/mol. The predicted octanol–water partition coefficient (Wildman–Crippen LogP) is 4.41. The first-order valence-corrected chi connectivity index (χ1v) is 6.65. The van der Waals surface area contributed by atoms with Crippen molar-refractivity contribution in [1.29, 1.82) is 0 Å². The van der Waals surface area contributed by atoms with Crippen LogP contribution in [0.2, 0.25) is 0 Å². The fourth-order valence-corrected chi connectivity index (χ4v) is 3.26. The molecule has 1 aliphatic rings. The van der Waals surface area contributed by atoms with Gasteiger partial charge in [0, 0.05) is 6.42 Å². The summed E-state index contributed by atoms with van der Waals surface area (Å²) >= 11 is 0. The summed E-state index contributed by atoms with van der Waals surface area (Å²) in [6, 6.07) is 6.81. The van der Waals surface area contributed by atoms with Gasteiger partial charge in [-0.15, -0.1) is 0 Å². The van der Waals surface area contributed by atoms with Crippen LogP contribution in [0.4, 0.5) is 0 Å². The molecule has 0 saturated heterocycles. The highest BCUT2D eigenvalue weighted by Crippen LogP contribution is 2.42. The standard InChI is InChI=1S/C16H24O/c1-11(2)15(16(3,4)5)13-7-6-12-8-9-17-14(12)10-13/h6-7,10-11,15H,8-9H2,1-5H3/t15-/m0/s1. The normalized spacial score (nSPS) is 16.8. The summed E-state index contributed by atoms with van der Waals surface area (Å²) < 4.78 is 5.68. The van der Waals surface area contributed by atoms with Crippen molar-refractivity contribution in [1.82, 2.24) is 0 Å². The molecule has 1 atom stereocenters. The largest absolute Gasteiger partial charge is 0.493 e. The third kappa shape index (κ3) is 2.48. The van der Waals surface area contributed by atoms with Crippen molar-refractivity contribution < 1.29 is 4.74 Å². The molecule has 1 aromatic rings. The Kier molecular flexibility index (Phi) is 3.20. The summed E-state index contributed by atoms with van der Waals surface area (Å²) in [6.45, 7) is 12.4. The van der Waals surface area contributed by atoms with E-state index in [1.807, 2.05) is 0 Å². The van der Waals surface area contributed by atoms with Crippen LogP contribution >= 0.6 is 0 Å². The van der Waals surface area contributed by atoms with Crippen molar-refractivity contribution in [2.75, 3.05) is 6.61 Å². The van der Waals surface area contributed by atoms with Gasteiger partial charge in [0.05, 0.1) is 6.61 Å². The summed E-state index contributed by atoms with van der Waals surface area (Å²) in [5, 5.41) is 0. The Hall–Kier alpha value is -0.980. The van der Waals surface area contributed by atoms with Crippen LogP contribution in [0.3, 0.4) is 0 Å². The van der Waals surface area contributed by atoms with E-state index in [1.165, 1.54) is 11.1 Å². The molecule has 2 rings (SSSR count). The molecule has 0 unspecified atom stereocenters. The van der Waals surface area contributed by atoms with Crippen molar-refractivity contribution in [3.63, 3.8) is 0 Å². The molecule has 0 N–H and O–H groups in total. The van der Waals surface area contributed by atoms with Crippen molar-refractivity contribution in [2.45, 2.75) is 47.0 Å². The van der Waals surface area contributed by atoms with Gasteiger partial charge >= 0.3 is 0 Å². The van der Waals surface area contributed by atoms with E-state index < -0.39 is 0 Å². The Morgan fingerprint density at radius 2 is 1.88 bits per heavy atom. The first-order chi connectivity index (χ1) is 7.89. The van der Waals surface area contributed by atoms with Gasteiger partial charge in [-0.2, -0.15) is 0 Å². The van der Waals surface area contributed by atoms with E-state index >= 15 is 0 Å². The lowest BCUT2D eigenvalue weighted by Crippen LogP contribution is -2.23. The van der Waals surface area contributed by atoms with E-state index in [4.69, 9.17) is 4.74 Å². The van der Waals surface area contributed by atoms with E-state index in [-0.39, 0.29) is 0 Å². The summed E-state index contributed by atoms with van der Waals surface area (Å²) in [5.41, 5.74) is 3.08. The molecule has 0 spiro atoms. The number of ether oxygens (including phenoxy) is 1. The highest BCUT2D eigenvalue weighted by molar-refractivity contribution is 5.41. The van der Waals surface area contributed by atoms with Crippen LogP contribution in [0.25, 0.3) is 0 Å². The molecule has 0 amide bonds. The summed E-state index contributed by atoms with van der Waals surface area (Å²) in [6.07, 6.45) is 1.07. The van der Waals surface area contributed by atoms with Gasteiger partial charge in [0.2, 0.25) is 0 Å². The number of benzene rings is 1. The summed E-state index contributed by atoms with van der Waals surface area (Å²) in [5.74, 6) is 2.34. The zero-order valence-electron chi connectivity index (χ0n) is 11.7. The monoisotopic (exact) mass is 232 g/mol. The van der Waals surface area contributed by atoms with Crippen LogP contribution in [0.5, 0.6) is 5.75 Å². The molecule has 0 saturated carbocycles. The minimum absolute atomic E-state index is 0.293. The fraction of sp³-hybridized carbons (Fsp3) is 0.625. The van der Waals surface area contributed by atoms with Gasteiger partial charge in [-0.05, 0) is 34.4 Å². The smallest absolute Gasteiger partial charge is 0.122 e. The highest BCUT2D eigenvalue weighted by Gasteiger charge is 2.29. The van der Waals surface area contributed by atoms with Gasteiger partial charge in [-0.25, -0.2) is 0 Å². The Labute approximate surface area is 105 Å². The van der Waals surface area contributed by atoms with Crippen LogP contribution in [0.1, 0.15) is 51.7 Å². The lowest BCUT2D eigenvalue weighted by atomic mass is 9.70. The zero-order chi connectivity index (χ0) is 12.6. The van der Waals surface area contributed by atoms with Gasteiger partial charge in [-0.3, -0.25) is 0 Å². The maximum absolute atomic E-state index is 5.68. The molecule has 0 fully saturated rings. The Morgan fingerprint density at radius 3 is 2.47 bits per heavy atom. The van der Waals surface area contributed by atoms with Gasteiger partial charge in [0.1, 0.15) is 5.75 Å². The van der Waals surface area contributed by atoms with Gasteiger partial charge in [0.15, 0.2) is 0 Å². The molecule has 17 heavy (non-hydrogen) atoms. The molecule has 1 aromatic carbocycles. The average molecular weight is 232 g/mol. The van der Waals surface area contributed by atoms with Gasteiger partial charge in [-0.1, -0.05) is 46.8 Å². The van der Waals surface area contributed by atoms with Crippen molar-refractivity contribution >= 4 is 0 Å². The third-order valence-electron chi connectivity index (χ3n) is 3.68. The van der Waals surface area contributed by atoms with Crippen molar-refractivity contribution in [3.8, 4) is 5.75 Å². The topological polar surface area (TPSA) is 9.23 Å². The second kappa shape index (κ2) is 4.36. The van der Waals surface area contributed by atoms with E-state index in [1.54, 1.807) is 0 Å². The van der Waals surface area contributed by atoms with Crippen LogP contribution in [0, 0.1) is 11.3 Å². The average Bonchev–Trinajstić information content (AvgIpc) is 2.61. The van der Waals surface area contributed by atoms with E-state index in [9.17, 15) is 0 Å². The van der Waals surface area contributed by atoms with Crippen molar-refractivity contribution in [3.05, 3.63) is 29.3 Å². The van der Waals surface area contributed by atoms with E-state index in [0.717, 1.165) is 18.8 Å². The third-order valence-corrected chi connectivity index (χ3v) is 3.68. The van der Waals surface area contributed by atoms with Gasteiger partial charge in [0.25, 0.3) is 0 Å². The molecule has 1 nitrogen and oxygen atoms in total. The Balaban J connectivity index is 2.37. The highest BCUT2D eigenvalue weighted by atomic mass is 16.5. The van der Waals surface area contributed by atoms with Gasteiger partial charge < -0.3 is 4.74 Å². The lowest BCUT2D eigenvalue weighted by Gasteiger charge is -2.34. The second-order valence-corrected chi connectivity index (χ2v) is 6.55. The lowest BCUT2D eigenvalue weighted by molar-refractivity contribution is 0.257. The molecule has 1 aliphatic heterocycles. The fourth-order valence-electron chi connectivity index (χ4n) is 3.26. The summed E-state index contributed by atoms with van der Waals surface area (Å²) in [7, 11) is 0. The molecule has 0 radical (unpaired) electrons. The number of hydrogen-bond donors (Lipinski definition) is 0. The van der Waals surface area contributed by atoms with E-state index in [2.05, 4.69) is 52.8 Å². The molecule has 0 aromatic heterocycles. The maximum Gasteiger partial charge on any atom is 0.122 e. The minimum atomic E-state index is 0.293. The van der Waals surface area contributed by atoms with Crippen molar-refractivity contribution in [2.24, 2.45) is 11.3 Å². The first kappa shape index (κ1) is 12.5. The SMILES string of the molecule is CC(C)[C@@H](c1ccc2c(c1)OCC2)C(C)(C)C. The van der Waals surface area contributed by atoms with E-state index in [0.29, 0.717) is 17.3 Å². The molecule has 1 heterocycles. The Bertz CT molecular complexity index is 398. The second-order valence-electron chi connectivity index (χ2n) is 6.55.